The molecule has 1 fully saturated rings. The van der Waals surface area contributed by atoms with Crippen LogP contribution in [0.5, 0.6) is 0 Å². The molecule has 0 heterocycles. The Morgan fingerprint density at radius 2 is 0.889 bits per heavy atom. The Labute approximate surface area is 115 Å². The Balaban J connectivity index is 0.000000331. The van der Waals surface area contributed by atoms with E-state index >= 15 is 0 Å². The second-order valence-corrected chi connectivity index (χ2v) is 6.39. The van der Waals surface area contributed by atoms with Crippen LogP contribution in [-0.2, 0) is 0 Å². The quantitative estimate of drug-likeness (QED) is 0.528. The number of hydrogen-bond acceptors (Lipinski definition) is 0. The molecule has 0 amide bonds. The maximum atomic E-state index is 2.37. The van der Waals surface area contributed by atoms with Crippen LogP contribution in [-0.4, -0.2) is 0 Å². The lowest BCUT2D eigenvalue weighted by Crippen LogP contribution is -2.08. The van der Waals surface area contributed by atoms with Crippen LogP contribution in [0.4, 0.5) is 0 Å². The maximum Gasteiger partial charge on any atom is 0 e. The van der Waals surface area contributed by atoms with E-state index in [4.69, 9.17) is 0 Å². The van der Waals surface area contributed by atoms with E-state index in [2.05, 4.69) is 53.7 Å². The molecule has 0 nitrogen and oxygen atoms in total. The smallest absolute Gasteiger partial charge is 0 e. The van der Waals surface area contributed by atoms with E-state index < -0.39 is 0 Å². The third kappa shape index (κ3) is 4.84. The zero-order chi connectivity index (χ0) is 13.7. The van der Waals surface area contributed by atoms with Crippen molar-refractivity contribution >= 4 is 0 Å². The fourth-order valence-corrected chi connectivity index (χ4v) is 2.53. The molecule has 1 aliphatic carbocycles. The number of aryl methyl sites for hydroxylation is 4. The lowest BCUT2D eigenvalue weighted by Gasteiger charge is -2.22. The molecule has 0 heteroatoms. The van der Waals surface area contributed by atoms with Gasteiger partial charge < -0.3 is 0 Å². The number of rotatable bonds is 0. The van der Waals surface area contributed by atoms with Crippen molar-refractivity contribution in [3.05, 3.63) is 34.4 Å². The molecule has 0 atom stereocenters. The van der Waals surface area contributed by atoms with Gasteiger partial charge in [-0.1, -0.05) is 51.7 Å². The number of hydrogen-bond donors (Lipinski definition) is 0. The Kier molecular flexibility index (Phi) is 5.91. The maximum absolute atomic E-state index is 2.37. The van der Waals surface area contributed by atoms with Crippen molar-refractivity contribution in [1.82, 2.24) is 0 Å². The minimum absolute atomic E-state index is 0. The standard InChI is InChI=1S/C10H14.C8H16.H2/c1-7-5-9(3)10(4)6-8(7)2;1-7-3-5-8(2)6-4-7;/h5-6H,1-4H3;7-8H,3-6H2,1-2H3;1H. The summed E-state index contributed by atoms with van der Waals surface area (Å²) in [4.78, 5) is 0. The fourth-order valence-electron chi connectivity index (χ4n) is 2.53. The van der Waals surface area contributed by atoms with Gasteiger partial charge in [-0.2, -0.15) is 0 Å². The molecule has 18 heavy (non-hydrogen) atoms. The molecule has 104 valence electrons. The number of benzene rings is 1. The van der Waals surface area contributed by atoms with Crippen LogP contribution in [0.15, 0.2) is 12.1 Å². The van der Waals surface area contributed by atoms with Crippen LogP contribution in [0.1, 0.15) is 63.2 Å². The predicted octanol–water partition coefficient (Wildman–Crippen LogP) is 6.00. The zero-order valence-corrected chi connectivity index (χ0v) is 13.1. The van der Waals surface area contributed by atoms with Crippen LogP contribution in [0, 0.1) is 39.5 Å². The van der Waals surface area contributed by atoms with Crippen molar-refractivity contribution in [3.8, 4) is 0 Å². The molecule has 0 spiro atoms. The second kappa shape index (κ2) is 6.97. The van der Waals surface area contributed by atoms with E-state index in [0.717, 1.165) is 11.8 Å². The Bertz CT molecular complexity index is 313. The van der Waals surface area contributed by atoms with Crippen molar-refractivity contribution in [3.63, 3.8) is 0 Å². The first-order valence-electron chi connectivity index (χ1n) is 7.44. The molecular formula is C18H32. The summed E-state index contributed by atoms with van der Waals surface area (Å²) >= 11 is 0. The summed E-state index contributed by atoms with van der Waals surface area (Å²) in [6, 6.07) is 4.48. The van der Waals surface area contributed by atoms with Gasteiger partial charge in [-0.3, -0.25) is 0 Å². The van der Waals surface area contributed by atoms with Gasteiger partial charge >= 0.3 is 0 Å². The van der Waals surface area contributed by atoms with Crippen molar-refractivity contribution in [2.75, 3.05) is 0 Å². The van der Waals surface area contributed by atoms with E-state index in [1.165, 1.54) is 47.9 Å². The Hall–Kier alpha value is -0.780. The molecule has 1 aromatic rings. The highest BCUT2D eigenvalue weighted by Gasteiger charge is 2.13. The predicted molar refractivity (Wildman–Crippen MR) is 84.3 cm³/mol. The molecule has 0 aromatic heterocycles. The molecule has 0 bridgehead atoms. The lowest BCUT2D eigenvalue weighted by atomic mass is 9.84. The summed E-state index contributed by atoms with van der Waals surface area (Å²) in [6.45, 7) is 13.4. The molecule has 0 saturated heterocycles. The van der Waals surface area contributed by atoms with E-state index in [0.29, 0.717) is 0 Å². The van der Waals surface area contributed by atoms with Crippen molar-refractivity contribution in [2.45, 2.75) is 67.2 Å². The minimum atomic E-state index is 0. The molecule has 0 radical (unpaired) electrons. The average molecular weight is 248 g/mol. The molecule has 1 aromatic carbocycles. The lowest BCUT2D eigenvalue weighted by molar-refractivity contribution is 0.308. The summed E-state index contributed by atoms with van der Waals surface area (Å²) < 4.78 is 0. The van der Waals surface area contributed by atoms with Crippen LogP contribution in [0.25, 0.3) is 0 Å². The van der Waals surface area contributed by atoms with E-state index in [-0.39, 0.29) is 1.43 Å². The van der Waals surface area contributed by atoms with Gasteiger partial charge in [0.05, 0.1) is 0 Å². The Morgan fingerprint density at radius 3 is 1.11 bits per heavy atom. The van der Waals surface area contributed by atoms with E-state index in [1.54, 1.807) is 0 Å². The molecule has 2 rings (SSSR count). The molecule has 1 saturated carbocycles. The van der Waals surface area contributed by atoms with E-state index in [1.807, 2.05) is 0 Å². The fraction of sp³-hybridized carbons (Fsp3) is 0.667. The first kappa shape index (κ1) is 15.3. The molecule has 0 N–H and O–H groups in total. The first-order chi connectivity index (χ1) is 8.40. The summed E-state index contributed by atoms with van der Waals surface area (Å²) in [5, 5.41) is 0. The monoisotopic (exact) mass is 248 g/mol. The van der Waals surface area contributed by atoms with Gasteiger partial charge in [0.2, 0.25) is 0 Å². The van der Waals surface area contributed by atoms with Gasteiger partial charge in [-0.05, 0) is 61.8 Å². The second-order valence-electron chi connectivity index (χ2n) is 6.39. The van der Waals surface area contributed by atoms with Crippen LogP contribution in [0.2, 0.25) is 0 Å². The highest BCUT2D eigenvalue weighted by atomic mass is 14.2. The minimum Gasteiger partial charge on any atom is -0.0625 e. The van der Waals surface area contributed by atoms with E-state index in [9.17, 15) is 0 Å². The zero-order valence-electron chi connectivity index (χ0n) is 13.1. The highest BCUT2D eigenvalue weighted by molar-refractivity contribution is 5.35. The summed E-state index contributed by atoms with van der Waals surface area (Å²) in [6.07, 6.45) is 5.89. The SMILES string of the molecule is CC1CCC(C)CC1.Cc1cc(C)c(C)cc1C.[HH]. The first-order valence-corrected chi connectivity index (χ1v) is 7.44. The van der Waals surface area contributed by atoms with Gasteiger partial charge in [-0.25, -0.2) is 0 Å². The van der Waals surface area contributed by atoms with Gasteiger partial charge in [0, 0.05) is 1.43 Å². The normalized spacial score (nSPS) is 23.2. The summed E-state index contributed by atoms with van der Waals surface area (Å²) in [5.41, 5.74) is 5.57. The van der Waals surface area contributed by atoms with Crippen molar-refractivity contribution < 1.29 is 1.43 Å². The van der Waals surface area contributed by atoms with Gasteiger partial charge in [0.15, 0.2) is 0 Å². The molecule has 0 unspecified atom stereocenters. The van der Waals surface area contributed by atoms with Gasteiger partial charge in [-0.15, -0.1) is 0 Å². The van der Waals surface area contributed by atoms with Gasteiger partial charge in [0.25, 0.3) is 0 Å². The van der Waals surface area contributed by atoms with Gasteiger partial charge in [0.1, 0.15) is 0 Å². The third-order valence-corrected chi connectivity index (χ3v) is 4.41. The average Bonchev–Trinajstić information content (AvgIpc) is 2.31. The molecular weight excluding hydrogens is 216 g/mol. The van der Waals surface area contributed by atoms with Crippen LogP contribution >= 0.6 is 0 Å². The molecule has 0 aliphatic heterocycles. The topological polar surface area (TPSA) is 0 Å². The summed E-state index contributed by atoms with van der Waals surface area (Å²) in [7, 11) is 0. The highest BCUT2D eigenvalue weighted by Crippen LogP contribution is 2.27. The third-order valence-electron chi connectivity index (χ3n) is 4.41. The van der Waals surface area contributed by atoms with Crippen LogP contribution < -0.4 is 0 Å². The Morgan fingerprint density at radius 1 is 0.667 bits per heavy atom. The molecule has 1 aliphatic rings. The summed E-state index contributed by atoms with van der Waals surface area (Å²) in [5.74, 6) is 2.04. The van der Waals surface area contributed by atoms with Crippen molar-refractivity contribution in [1.29, 1.82) is 0 Å². The van der Waals surface area contributed by atoms with Crippen LogP contribution in [0.3, 0.4) is 0 Å². The largest absolute Gasteiger partial charge is 0.0625 e. The van der Waals surface area contributed by atoms with Crippen molar-refractivity contribution in [2.24, 2.45) is 11.8 Å².